The lowest BCUT2D eigenvalue weighted by molar-refractivity contribution is -0.309. The van der Waals surface area contributed by atoms with E-state index >= 15 is 0 Å². The number of carboxylic acid groups (broad SMARTS) is 1. The van der Waals surface area contributed by atoms with Crippen LogP contribution in [-0.2, 0) is 9.59 Å². The zero-order valence-corrected chi connectivity index (χ0v) is 17.0. The molecule has 28 heavy (non-hydrogen) atoms. The molecule has 6 nitrogen and oxygen atoms in total. The summed E-state index contributed by atoms with van der Waals surface area (Å²) in [6.07, 6.45) is 1.48. The number of hydrogen-bond acceptors (Lipinski definition) is 4. The molecule has 2 aromatic rings. The van der Waals surface area contributed by atoms with Gasteiger partial charge >= 0.3 is 0 Å². The molecule has 2 aromatic carbocycles. The van der Waals surface area contributed by atoms with E-state index in [0.717, 1.165) is 4.47 Å². The van der Waals surface area contributed by atoms with Gasteiger partial charge in [0.25, 0.3) is 11.8 Å². The Morgan fingerprint density at radius 1 is 1.00 bits per heavy atom. The summed E-state index contributed by atoms with van der Waals surface area (Å²) < 4.78 is 0.815. The number of nitrogens with one attached hydrogen (secondary N) is 2. The number of rotatable bonds is 7. The van der Waals surface area contributed by atoms with Crippen LogP contribution < -0.4 is 15.7 Å². The highest BCUT2D eigenvalue weighted by molar-refractivity contribution is 9.10. The van der Waals surface area contributed by atoms with Crippen LogP contribution in [-0.4, -0.2) is 23.8 Å². The van der Waals surface area contributed by atoms with Crippen LogP contribution in [0.4, 0.5) is 0 Å². The Bertz CT molecular complexity index is 877. The summed E-state index contributed by atoms with van der Waals surface area (Å²) in [6.45, 7) is 3.31. The fraction of sp³-hybridized carbons (Fsp3) is 0.190. The summed E-state index contributed by atoms with van der Waals surface area (Å²) in [5, 5.41) is 16.3. The van der Waals surface area contributed by atoms with Gasteiger partial charge < -0.3 is 20.5 Å². The second kappa shape index (κ2) is 9.85. The predicted molar refractivity (Wildman–Crippen MR) is 108 cm³/mol. The molecule has 0 bridgehead atoms. The molecule has 0 saturated carbocycles. The largest absolute Gasteiger partial charge is 0.548 e. The molecule has 0 heterocycles. The maximum atomic E-state index is 12.7. The minimum Gasteiger partial charge on any atom is -0.548 e. The van der Waals surface area contributed by atoms with Gasteiger partial charge in [0.05, 0.1) is 12.0 Å². The monoisotopic (exact) mass is 443 g/mol. The first-order chi connectivity index (χ1) is 13.3. The highest BCUT2D eigenvalue weighted by atomic mass is 79.9. The van der Waals surface area contributed by atoms with E-state index in [1.807, 2.05) is 6.07 Å². The van der Waals surface area contributed by atoms with E-state index < -0.39 is 23.8 Å². The van der Waals surface area contributed by atoms with E-state index in [0.29, 0.717) is 11.1 Å². The maximum Gasteiger partial charge on any atom is 0.268 e. The molecule has 2 rings (SSSR count). The van der Waals surface area contributed by atoms with E-state index in [2.05, 4.69) is 26.6 Å². The Hall–Kier alpha value is -2.93. The number of carboxylic acids is 1. The van der Waals surface area contributed by atoms with Crippen LogP contribution in [0.15, 0.2) is 64.8 Å². The maximum absolute atomic E-state index is 12.7. The molecule has 146 valence electrons. The van der Waals surface area contributed by atoms with Crippen molar-refractivity contribution in [2.45, 2.75) is 19.9 Å². The molecule has 0 saturated heterocycles. The summed E-state index contributed by atoms with van der Waals surface area (Å²) in [7, 11) is 0. The van der Waals surface area contributed by atoms with Crippen molar-refractivity contribution in [3.05, 3.63) is 75.9 Å². The van der Waals surface area contributed by atoms with Crippen molar-refractivity contribution in [3.8, 4) is 0 Å². The minimum atomic E-state index is -1.39. The fourth-order valence-corrected chi connectivity index (χ4v) is 2.65. The molecular formula is C21H20BrN2O4-. The lowest BCUT2D eigenvalue weighted by atomic mass is 10.0. The molecule has 0 aliphatic rings. The number of hydrogen-bond donors (Lipinski definition) is 2. The molecule has 0 aliphatic heterocycles. The summed E-state index contributed by atoms with van der Waals surface area (Å²) in [5.41, 5.74) is 0.972. The Kier molecular flexibility index (Phi) is 7.52. The van der Waals surface area contributed by atoms with Crippen LogP contribution in [0.5, 0.6) is 0 Å². The second-order valence-electron chi connectivity index (χ2n) is 6.44. The van der Waals surface area contributed by atoms with Crippen molar-refractivity contribution >= 4 is 39.8 Å². The Labute approximate surface area is 171 Å². The molecule has 0 aliphatic carbocycles. The summed E-state index contributed by atoms with van der Waals surface area (Å²) in [6, 6.07) is 14.4. The van der Waals surface area contributed by atoms with Crippen LogP contribution in [0, 0.1) is 5.92 Å². The molecular weight excluding hydrogens is 424 g/mol. The topological polar surface area (TPSA) is 98.3 Å². The average molecular weight is 444 g/mol. The third-order valence-electron chi connectivity index (χ3n) is 3.92. The van der Waals surface area contributed by atoms with Gasteiger partial charge in [-0.2, -0.15) is 0 Å². The summed E-state index contributed by atoms with van der Waals surface area (Å²) in [5.74, 6) is -2.97. The third-order valence-corrected chi connectivity index (χ3v) is 4.45. The predicted octanol–water partition coefficient (Wildman–Crippen LogP) is 2.11. The highest BCUT2D eigenvalue weighted by Gasteiger charge is 2.21. The molecule has 7 heteroatoms. The first-order valence-corrected chi connectivity index (χ1v) is 9.42. The minimum absolute atomic E-state index is 0.0639. The van der Waals surface area contributed by atoms with Crippen molar-refractivity contribution in [1.82, 2.24) is 10.6 Å². The zero-order chi connectivity index (χ0) is 20.7. The highest BCUT2D eigenvalue weighted by Crippen LogP contribution is 2.12. The smallest absolute Gasteiger partial charge is 0.268 e. The van der Waals surface area contributed by atoms with Gasteiger partial charge in [-0.25, -0.2) is 0 Å². The quantitative estimate of drug-likeness (QED) is 0.640. The molecule has 0 spiro atoms. The number of benzene rings is 2. The van der Waals surface area contributed by atoms with Crippen molar-refractivity contribution in [1.29, 1.82) is 0 Å². The van der Waals surface area contributed by atoms with Gasteiger partial charge in [-0.3, -0.25) is 9.59 Å². The van der Waals surface area contributed by atoms with Crippen molar-refractivity contribution in [2.24, 2.45) is 5.92 Å². The number of aliphatic carboxylic acids is 1. The van der Waals surface area contributed by atoms with Crippen molar-refractivity contribution in [3.63, 3.8) is 0 Å². The van der Waals surface area contributed by atoms with Crippen molar-refractivity contribution < 1.29 is 19.5 Å². The normalized spacial score (nSPS) is 12.4. The van der Waals surface area contributed by atoms with Gasteiger partial charge in [0.2, 0.25) is 0 Å². The third kappa shape index (κ3) is 6.06. The van der Waals surface area contributed by atoms with Crippen molar-refractivity contribution in [2.75, 3.05) is 0 Å². The SMILES string of the molecule is CC(C)[C@H](NC(=O)/C(=C/c1ccccc1)NC(=O)c1ccc(Br)cc1)C(=O)[O-]. The number of amides is 2. The molecule has 0 fully saturated rings. The second-order valence-corrected chi connectivity index (χ2v) is 7.36. The zero-order valence-electron chi connectivity index (χ0n) is 15.4. The van der Waals surface area contributed by atoms with Crippen LogP contribution in [0.1, 0.15) is 29.8 Å². The van der Waals surface area contributed by atoms with Gasteiger partial charge in [0.1, 0.15) is 5.70 Å². The fourth-order valence-electron chi connectivity index (χ4n) is 2.39. The van der Waals surface area contributed by atoms with E-state index in [1.165, 1.54) is 6.08 Å². The van der Waals surface area contributed by atoms with Gasteiger partial charge in [0.15, 0.2) is 0 Å². The number of carbonyl (C=O) groups is 3. The summed E-state index contributed by atoms with van der Waals surface area (Å²) >= 11 is 3.30. The molecule has 0 radical (unpaired) electrons. The van der Waals surface area contributed by atoms with E-state index in [9.17, 15) is 19.5 Å². The number of halogens is 1. The van der Waals surface area contributed by atoms with Gasteiger partial charge in [-0.05, 0) is 41.8 Å². The first-order valence-electron chi connectivity index (χ1n) is 8.63. The Morgan fingerprint density at radius 2 is 1.61 bits per heavy atom. The standard InChI is InChI=1S/C21H21BrN2O4/c1-13(2)18(21(27)28)24-20(26)17(12-14-6-4-3-5-7-14)23-19(25)15-8-10-16(22)11-9-15/h3-13,18H,1-2H3,(H,23,25)(H,24,26)(H,27,28)/p-1/b17-12-/t18-/m0/s1. The van der Waals surface area contributed by atoms with Crippen LogP contribution in [0.25, 0.3) is 6.08 Å². The average Bonchev–Trinajstić information content (AvgIpc) is 2.66. The lowest BCUT2D eigenvalue weighted by Gasteiger charge is -2.24. The summed E-state index contributed by atoms with van der Waals surface area (Å²) in [4.78, 5) is 36.5. The van der Waals surface area contributed by atoms with Crippen LogP contribution in [0.2, 0.25) is 0 Å². The van der Waals surface area contributed by atoms with Gasteiger partial charge in [0, 0.05) is 10.0 Å². The molecule has 2 N–H and O–H groups in total. The Balaban J connectivity index is 2.30. The first kappa shape index (κ1) is 21.4. The van der Waals surface area contributed by atoms with E-state index in [4.69, 9.17) is 0 Å². The van der Waals surface area contributed by atoms with Crippen LogP contribution >= 0.6 is 15.9 Å². The molecule has 2 amide bonds. The van der Waals surface area contributed by atoms with Gasteiger partial charge in [-0.15, -0.1) is 0 Å². The molecule has 0 aromatic heterocycles. The Morgan fingerprint density at radius 3 is 2.14 bits per heavy atom. The van der Waals surface area contributed by atoms with E-state index in [-0.39, 0.29) is 11.6 Å². The molecule has 1 atom stereocenters. The van der Waals surface area contributed by atoms with Gasteiger partial charge in [-0.1, -0.05) is 60.1 Å². The number of carbonyl (C=O) groups excluding carboxylic acids is 3. The molecule has 0 unspecified atom stereocenters. The van der Waals surface area contributed by atoms with E-state index in [1.54, 1.807) is 62.4 Å². The van der Waals surface area contributed by atoms with Crippen LogP contribution in [0.3, 0.4) is 0 Å². The lowest BCUT2D eigenvalue weighted by Crippen LogP contribution is -2.52.